The molecule has 140 valence electrons. The van der Waals surface area contributed by atoms with Crippen LogP contribution in [-0.4, -0.2) is 30.6 Å². The van der Waals surface area contributed by atoms with E-state index in [4.69, 9.17) is 4.74 Å². The summed E-state index contributed by atoms with van der Waals surface area (Å²) in [6.45, 7) is 2.76. The number of hydrogen-bond acceptors (Lipinski definition) is 4. The number of aromatic amines is 1. The van der Waals surface area contributed by atoms with Crippen LogP contribution < -0.4 is 15.8 Å². The minimum absolute atomic E-state index is 0.241. The number of anilines is 2. The van der Waals surface area contributed by atoms with E-state index in [1.807, 2.05) is 24.3 Å². The summed E-state index contributed by atoms with van der Waals surface area (Å²) in [5.74, 6) is -0.292. The second-order valence-electron chi connectivity index (χ2n) is 6.94. The average Bonchev–Trinajstić information content (AvgIpc) is 3.25. The number of rotatable bonds is 4. The molecular weight excluding hydrogens is 342 g/mol. The number of amides is 1. The highest BCUT2D eigenvalue weighted by Gasteiger charge is 2.15. The predicted octanol–water partition coefficient (Wildman–Crippen LogP) is 3.38. The van der Waals surface area contributed by atoms with Gasteiger partial charge in [-0.25, -0.2) is 0 Å². The van der Waals surface area contributed by atoms with E-state index in [-0.39, 0.29) is 17.2 Å². The molecule has 1 fully saturated rings. The third-order valence-corrected chi connectivity index (χ3v) is 5.09. The van der Waals surface area contributed by atoms with Crippen molar-refractivity contribution >= 4 is 22.9 Å². The van der Waals surface area contributed by atoms with Gasteiger partial charge in [0.05, 0.1) is 12.9 Å². The minimum atomic E-state index is -0.323. The maximum atomic E-state index is 12.6. The first-order valence-corrected chi connectivity index (χ1v) is 9.41. The van der Waals surface area contributed by atoms with Gasteiger partial charge in [0.1, 0.15) is 5.69 Å². The van der Waals surface area contributed by atoms with Crippen molar-refractivity contribution in [3.05, 3.63) is 64.3 Å². The first-order valence-electron chi connectivity index (χ1n) is 9.41. The lowest BCUT2D eigenvalue weighted by Gasteiger charge is -2.28. The number of ether oxygens (including phenoxy) is 1. The zero-order chi connectivity index (χ0) is 18.6. The molecule has 0 spiro atoms. The number of carbonyl (C=O) groups excluding carboxylic acids is 1. The van der Waals surface area contributed by atoms with Gasteiger partial charge in [-0.05, 0) is 60.7 Å². The minimum Gasteiger partial charge on any atom is -0.501 e. The summed E-state index contributed by atoms with van der Waals surface area (Å²) in [5, 5.41) is 2.73. The number of aromatic nitrogens is 1. The van der Waals surface area contributed by atoms with Crippen molar-refractivity contribution in [3.63, 3.8) is 0 Å². The Morgan fingerprint density at radius 3 is 2.59 bits per heavy atom. The first kappa shape index (κ1) is 17.4. The Balaban J connectivity index is 1.48. The third-order valence-electron chi connectivity index (χ3n) is 5.09. The number of benzene rings is 1. The highest BCUT2D eigenvalue weighted by Crippen LogP contribution is 2.24. The summed E-state index contributed by atoms with van der Waals surface area (Å²) >= 11 is 0. The number of carbonyl (C=O) groups is 1. The highest BCUT2D eigenvalue weighted by molar-refractivity contribution is 6.04. The molecule has 6 heteroatoms. The fourth-order valence-electron chi connectivity index (χ4n) is 3.53. The molecule has 0 bridgehead atoms. The van der Waals surface area contributed by atoms with Crippen molar-refractivity contribution in [2.24, 2.45) is 0 Å². The fourth-order valence-corrected chi connectivity index (χ4v) is 3.53. The van der Waals surface area contributed by atoms with Crippen LogP contribution >= 0.6 is 0 Å². The van der Waals surface area contributed by atoms with Crippen molar-refractivity contribution < 1.29 is 9.53 Å². The van der Waals surface area contributed by atoms with E-state index in [9.17, 15) is 9.59 Å². The van der Waals surface area contributed by atoms with Gasteiger partial charge in [-0.2, -0.15) is 0 Å². The van der Waals surface area contributed by atoms with Crippen LogP contribution in [0.5, 0.6) is 0 Å². The largest absolute Gasteiger partial charge is 0.501 e. The maximum Gasteiger partial charge on any atom is 0.271 e. The smallest absolute Gasteiger partial charge is 0.271 e. The quantitative estimate of drug-likeness (QED) is 0.871. The first-order chi connectivity index (χ1) is 13.2. The second kappa shape index (κ2) is 7.70. The van der Waals surface area contributed by atoms with Crippen LogP contribution in [-0.2, 0) is 4.74 Å². The van der Waals surface area contributed by atoms with Crippen LogP contribution in [0.25, 0.3) is 5.57 Å². The molecule has 6 nitrogen and oxygen atoms in total. The van der Waals surface area contributed by atoms with E-state index in [2.05, 4.69) is 15.2 Å². The number of hydrogen-bond donors (Lipinski definition) is 2. The molecule has 0 unspecified atom stereocenters. The molecule has 2 aliphatic heterocycles. The molecular formula is C21H23N3O3. The molecule has 0 saturated carbocycles. The lowest BCUT2D eigenvalue weighted by molar-refractivity contribution is 0.102. The molecule has 0 radical (unpaired) electrons. The Kier molecular flexibility index (Phi) is 4.96. The van der Waals surface area contributed by atoms with Gasteiger partial charge in [-0.15, -0.1) is 0 Å². The standard InChI is InChI=1S/C21H23N3O3/c25-20(15-4-6-18(7-5-15)24-9-2-1-3-10-24)23-19-12-17(13-22-21(19)26)16-8-11-27-14-16/h4-7,12-14H,1-3,8-11H2,(H,22,26)(H,23,25). The summed E-state index contributed by atoms with van der Waals surface area (Å²) in [6, 6.07) is 9.26. The van der Waals surface area contributed by atoms with E-state index >= 15 is 0 Å². The molecule has 4 rings (SSSR count). The summed E-state index contributed by atoms with van der Waals surface area (Å²) in [4.78, 5) is 29.7. The molecule has 1 aromatic heterocycles. The lowest BCUT2D eigenvalue weighted by atomic mass is 10.1. The molecule has 2 aliphatic rings. The molecule has 27 heavy (non-hydrogen) atoms. The zero-order valence-electron chi connectivity index (χ0n) is 15.2. The average molecular weight is 365 g/mol. The van der Waals surface area contributed by atoms with Crippen molar-refractivity contribution in [2.45, 2.75) is 25.7 Å². The van der Waals surface area contributed by atoms with Gasteiger partial charge in [-0.3, -0.25) is 9.59 Å². The van der Waals surface area contributed by atoms with Crippen molar-refractivity contribution in [3.8, 4) is 0 Å². The topological polar surface area (TPSA) is 74.4 Å². The van der Waals surface area contributed by atoms with Crippen LogP contribution in [0.3, 0.4) is 0 Å². The van der Waals surface area contributed by atoms with Crippen LogP contribution in [0, 0.1) is 0 Å². The molecule has 3 heterocycles. The van der Waals surface area contributed by atoms with Crippen molar-refractivity contribution in [1.82, 2.24) is 4.98 Å². The Hall–Kier alpha value is -3.02. The SMILES string of the molecule is O=C(Nc1cc(C2=COCC2)c[nH]c1=O)c1ccc(N2CCCCC2)cc1. The Morgan fingerprint density at radius 2 is 1.89 bits per heavy atom. The number of H-pyrrole nitrogens is 1. The van der Waals surface area contributed by atoms with Gasteiger partial charge >= 0.3 is 0 Å². The molecule has 1 aromatic carbocycles. The van der Waals surface area contributed by atoms with Gasteiger partial charge < -0.3 is 19.9 Å². The molecule has 1 saturated heterocycles. The number of nitrogens with zero attached hydrogens (tertiary/aromatic N) is 1. The van der Waals surface area contributed by atoms with E-state index in [1.54, 1.807) is 18.5 Å². The van der Waals surface area contributed by atoms with Crippen molar-refractivity contribution in [1.29, 1.82) is 0 Å². The van der Waals surface area contributed by atoms with Crippen molar-refractivity contribution in [2.75, 3.05) is 29.9 Å². The number of pyridine rings is 1. The van der Waals surface area contributed by atoms with E-state index in [0.717, 1.165) is 36.3 Å². The van der Waals surface area contributed by atoms with E-state index < -0.39 is 0 Å². The second-order valence-corrected chi connectivity index (χ2v) is 6.94. The molecule has 2 N–H and O–H groups in total. The lowest BCUT2D eigenvalue weighted by Crippen LogP contribution is -2.29. The molecule has 0 aliphatic carbocycles. The van der Waals surface area contributed by atoms with Gasteiger partial charge in [0.15, 0.2) is 0 Å². The van der Waals surface area contributed by atoms with Gasteiger partial charge in [0.2, 0.25) is 0 Å². The normalized spacial score (nSPS) is 16.6. The zero-order valence-corrected chi connectivity index (χ0v) is 15.2. The summed E-state index contributed by atoms with van der Waals surface area (Å²) in [6.07, 6.45) is 7.83. The van der Waals surface area contributed by atoms with Crippen LogP contribution in [0.2, 0.25) is 0 Å². The number of piperidine rings is 1. The van der Waals surface area contributed by atoms with E-state index in [0.29, 0.717) is 12.2 Å². The summed E-state index contributed by atoms with van der Waals surface area (Å²) in [5.41, 5.74) is 3.45. The fraction of sp³-hybridized carbons (Fsp3) is 0.333. The predicted molar refractivity (Wildman–Crippen MR) is 106 cm³/mol. The Bertz CT molecular complexity index is 909. The van der Waals surface area contributed by atoms with Crippen LogP contribution in [0.4, 0.5) is 11.4 Å². The van der Waals surface area contributed by atoms with Gasteiger partial charge in [0.25, 0.3) is 11.5 Å². The van der Waals surface area contributed by atoms with E-state index in [1.165, 1.54) is 19.3 Å². The Morgan fingerprint density at radius 1 is 1.11 bits per heavy atom. The highest BCUT2D eigenvalue weighted by atomic mass is 16.5. The molecule has 1 amide bonds. The van der Waals surface area contributed by atoms with Gasteiger partial charge in [-0.1, -0.05) is 0 Å². The van der Waals surface area contributed by atoms with Crippen LogP contribution in [0.15, 0.2) is 47.6 Å². The maximum absolute atomic E-state index is 12.6. The Labute approximate surface area is 157 Å². The van der Waals surface area contributed by atoms with Crippen LogP contribution in [0.1, 0.15) is 41.6 Å². The van der Waals surface area contributed by atoms with Gasteiger partial charge in [0, 0.05) is 37.0 Å². The molecule has 2 aromatic rings. The number of nitrogens with one attached hydrogen (secondary N) is 2. The summed E-state index contributed by atoms with van der Waals surface area (Å²) < 4.78 is 5.25. The monoisotopic (exact) mass is 365 g/mol. The summed E-state index contributed by atoms with van der Waals surface area (Å²) in [7, 11) is 0. The third kappa shape index (κ3) is 3.89. The molecule has 0 atom stereocenters.